The molecule has 1 heterocycles. The molecular weight excluding hydrogens is 157 g/mol. The van der Waals surface area contributed by atoms with Crippen LogP contribution in [0.3, 0.4) is 0 Å². The van der Waals surface area contributed by atoms with Gasteiger partial charge in [-0.15, -0.1) is 0 Å². The zero-order chi connectivity index (χ0) is 8.65. The van der Waals surface area contributed by atoms with Crippen molar-refractivity contribution in [3.05, 3.63) is 0 Å². The highest BCUT2D eigenvalue weighted by molar-refractivity contribution is 6.12. The third-order valence-corrected chi connectivity index (χ3v) is 1.63. The second-order valence-corrected chi connectivity index (χ2v) is 2.40. The normalized spacial score (nSPS) is 42.7. The highest BCUT2D eigenvalue weighted by Crippen LogP contribution is 2.34. The van der Waals surface area contributed by atoms with Crippen molar-refractivity contribution >= 4 is 7.85 Å². The van der Waals surface area contributed by atoms with E-state index in [0.29, 0.717) is 0 Å². The van der Waals surface area contributed by atoms with Crippen molar-refractivity contribution in [1.82, 2.24) is 0 Å². The van der Waals surface area contributed by atoms with Gasteiger partial charge in [-0.25, -0.2) is 8.78 Å². The Hall–Kier alpha value is -0.195. The molecule has 1 aliphatic heterocycles. The quantitative estimate of drug-likeness (QED) is 0.482. The standard InChI is InChI=1S/C5H7BF2O3/c6-4-5(7,8)3(10)2(1-9)11-4/h2-4,9-10H,1H2/t2-,3+,4-/m1/s1. The number of alkyl halides is 2. The van der Waals surface area contributed by atoms with Crippen molar-refractivity contribution in [2.75, 3.05) is 6.61 Å². The lowest BCUT2D eigenvalue weighted by Gasteiger charge is -2.16. The highest BCUT2D eigenvalue weighted by Gasteiger charge is 2.55. The van der Waals surface area contributed by atoms with Gasteiger partial charge in [-0.3, -0.25) is 0 Å². The Morgan fingerprint density at radius 1 is 1.55 bits per heavy atom. The van der Waals surface area contributed by atoms with E-state index in [-0.39, 0.29) is 0 Å². The Labute approximate surface area is 63.4 Å². The Morgan fingerprint density at radius 3 is 2.27 bits per heavy atom. The number of aliphatic hydroxyl groups is 2. The molecule has 0 amide bonds. The van der Waals surface area contributed by atoms with Crippen molar-refractivity contribution < 1.29 is 23.7 Å². The van der Waals surface area contributed by atoms with E-state index in [1.807, 2.05) is 0 Å². The summed E-state index contributed by atoms with van der Waals surface area (Å²) in [6, 6.07) is -1.82. The maximum absolute atomic E-state index is 12.6. The monoisotopic (exact) mass is 164 g/mol. The van der Waals surface area contributed by atoms with Crippen LogP contribution in [-0.4, -0.2) is 48.8 Å². The molecule has 0 aromatic rings. The van der Waals surface area contributed by atoms with E-state index < -0.39 is 30.7 Å². The molecule has 1 rings (SSSR count). The molecular formula is C5H7BF2O3. The maximum Gasteiger partial charge on any atom is 0.293 e. The lowest BCUT2D eigenvalue weighted by atomic mass is 9.92. The third kappa shape index (κ3) is 1.26. The molecule has 2 N–H and O–H groups in total. The van der Waals surface area contributed by atoms with E-state index in [0.717, 1.165) is 0 Å². The van der Waals surface area contributed by atoms with Crippen molar-refractivity contribution in [1.29, 1.82) is 0 Å². The second kappa shape index (κ2) is 2.69. The molecule has 0 aromatic carbocycles. The van der Waals surface area contributed by atoms with E-state index in [9.17, 15) is 8.78 Å². The fourth-order valence-electron chi connectivity index (χ4n) is 0.912. The number of ether oxygens (including phenoxy) is 1. The molecule has 0 aliphatic carbocycles. The average molecular weight is 164 g/mol. The number of aliphatic hydroxyl groups excluding tert-OH is 2. The molecule has 11 heavy (non-hydrogen) atoms. The summed E-state index contributed by atoms with van der Waals surface area (Å²) in [6.45, 7) is -0.662. The first-order valence-electron chi connectivity index (χ1n) is 3.08. The van der Waals surface area contributed by atoms with Crippen molar-refractivity contribution in [3.63, 3.8) is 0 Å². The van der Waals surface area contributed by atoms with Gasteiger partial charge in [0.05, 0.1) is 12.6 Å². The highest BCUT2D eigenvalue weighted by atomic mass is 19.3. The van der Waals surface area contributed by atoms with Gasteiger partial charge >= 0.3 is 0 Å². The summed E-state index contributed by atoms with van der Waals surface area (Å²) in [6.07, 6.45) is -3.29. The van der Waals surface area contributed by atoms with Crippen molar-refractivity contribution in [2.45, 2.75) is 24.1 Å². The van der Waals surface area contributed by atoms with Gasteiger partial charge < -0.3 is 14.9 Å². The van der Waals surface area contributed by atoms with Gasteiger partial charge in [0, 0.05) is 0 Å². The van der Waals surface area contributed by atoms with Crippen LogP contribution in [0.1, 0.15) is 0 Å². The third-order valence-electron chi connectivity index (χ3n) is 1.63. The molecule has 1 fully saturated rings. The Balaban J connectivity index is 2.71. The van der Waals surface area contributed by atoms with Gasteiger partial charge in [0.1, 0.15) is 20.1 Å². The van der Waals surface area contributed by atoms with Crippen LogP contribution >= 0.6 is 0 Å². The van der Waals surface area contributed by atoms with Gasteiger partial charge in [-0.1, -0.05) is 0 Å². The largest absolute Gasteiger partial charge is 0.394 e. The predicted molar refractivity (Wildman–Crippen MR) is 32.5 cm³/mol. The van der Waals surface area contributed by atoms with Crippen LogP contribution in [0.25, 0.3) is 0 Å². The van der Waals surface area contributed by atoms with Gasteiger partial charge in [0.2, 0.25) is 0 Å². The summed E-state index contributed by atoms with van der Waals surface area (Å²) in [5, 5.41) is 17.2. The van der Waals surface area contributed by atoms with Crippen LogP contribution < -0.4 is 0 Å². The Morgan fingerprint density at radius 2 is 2.09 bits per heavy atom. The molecule has 1 saturated heterocycles. The number of hydrogen-bond acceptors (Lipinski definition) is 3. The number of rotatable bonds is 1. The van der Waals surface area contributed by atoms with Gasteiger partial charge in [-0.05, 0) is 0 Å². The fourth-order valence-corrected chi connectivity index (χ4v) is 0.912. The topological polar surface area (TPSA) is 49.7 Å². The molecule has 1 aliphatic rings. The first-order valence-corrected chi connectivity index (χ1v) is 3.08. The van der Waals surface area contributed by atoms with Crippen LogP contribution in [0.2, 0.25) is 0 Å². The number of halogens is 2. The zero-order valence-corrected chi connectivity index (χ0v) is 5.58. The van der Waals surface area contributed by atoms with Crippen molar-refractivity contribution in [3.8, 4) is 0 Å². The minimum atomic E-state index is -3.46. The summed E-state index contributed by atoms with van der Waals surface area (Å²) in [4.78, 5) is 0. The molecule has 0 bridgehead atoms. The minimum absolute atomic E-state index is 0.662. The molecule has 6 heteroatoms. The van der Waals surface area contributed by atoms with Crippen LogP contribution in [0.15, 0.2) is 0 Å². The molecule has 0 unspecified atom stereocenters. The summed E-state index contributed by atoms with van der Waals surface area (Å²) < 4.78 is 29.5. The Bertz CT molecular complexity index is 155. The lowest BCUT2D eigenvalue weighted by Crippen LogP contribution is -2.40. The first-order chi connectivity index (χ1) is 5.00. The average Bonchev–Trinajstić information content (AvgIpc) is 2.14. The van der Waals surface area contributed by atoms with E-state index in [1.165, 1.54) is 0 Å². The minimum Gasteiger partial charge on any atom is -0.394 e. The molecule has 2 radical (unpaired) electrons. The van der Waals surface area contributed by atoms with Crippen molar-refractivity contribution in [2.24, 2.45) is 0 Å². The van der Waals surface area contributed by atoms with E-state index >= 15 is 0 Å². The number of hydrogen-bond donors (Lipinski definition) is 2. The van der Waals surface area contributed by atoms with E-state index in [1.54, 1.807) is 0 Å². The van der Waals surface area contributed by atoms with Crippen LogP contribution in [-0.2, 0) is 4.74 Å². The van der Waals surface area contributed by atoms with Crippen LogP contribution in [0.5, 0.6) is 0 Å². The lowest BCUT2D eigenvalue weighted by molar-refractivity contribution is -0.0917. The van der Waals surface area contributed by atoms with Gasteiger partial charge in [0.25, 0.3) is 5.92 Å². The second-order valence-electron chi connectivity index (χ2n) is 2.40. The Kier molecular flexibility index (Phi) is 2.18. The summed E-state index contributed by atoms with van der Waals surface area (Å²) in [5.41, 5.74) is 0. The van der Waals surface area contributed by atoms with E-state index in [2.05, 4.69) is 4.74 Å². The summed E-state index contributed by atoms with van der Waals surface area (Å²) in [5.74, 6) is -3.46. The molecule has 0 saturated carbocycles. The molecule has 3 atom stereocenters. The van der Waals surface area contributed by atoms with Crippen LogP contribution in [0, 0.1) is 0 Å². The smallest absolute Gasteiger partial charge is 0.293 e. The first kappa shape index (κ1) is 8.90. The summed E-state index contributed by atoms with van der Waals surface area (Å²) in [7, 11) is 4.83. The predicted octanol–water partition coefficient (Wildman–Crippen LogP) is -1.13. The fraction of sp³-hybridized carbons (Fsp3) is 1.00. The zero-order valence-electron chi connectivity index (χ0n) is 5.58. The molecule has 0 spiro atoms. The van der Waals surface area contributed by atoms with Gasteiger partial charge in [-0.2, -0.15) is 0 Å². The maximum atomic E-state index is 12.6. The molecule has 3 nitrogen and oxygen atoms in total. The summed E-state index contributed by atoms with van der Waals surface area (Å²) >= 11 is 0. The molecule has 0 aromatic heterocycles. The van der Waals surface area contributed by atoms with Gasteiger partial charge in [0.15, 0.2) is 0 Å². The molecule has 62 valence electrons. The van der Waals surface area contributed by atoms with E-state index in [4.69, 9.17) is 18.1 Å². The van der Waals surface area contributed by atoms with Crippen LogP contribution in [0.4, 0.5) is 8.78 Å². The SMILES string of the molecule is [B][C@@H]1O[C@H](CO)[C@H](O)C1(F)F.